The molecule has 0 saturated carbocycles. The van der Waals surface area contributed by atoms with Crippen molar-refractivity contribution in [1.29, 1.82) is 0 Å². The minimum absolute atomic E-state index is 0.160. The highest BCUT2D eigenvalue weighted by molar-refractivity contribution is 7.92. The van der Waals surface area contributed by atoms with E-state index in [1.807, 2.05) is 0 Å². The van der Waals surface area contributed by atoms with Gasteiger partial charge in [-0.2, -0.15) is 13.2 Å². The molecular weight excluding hydrogens is 379 g/mol. The quantitative estimate of drug-likeness (QED) is 0.801. The van der Waals surface area contributed by atoms with Crippen molar-refractivity contribution in [2.45, 2.75) is 16.0 Å². The summed E-state index contributed by atoms with van der Waals surface area (Å²) in [6, 6.07) is 9.23. The lowest BCUT2D eigenvalue weighted by Crippen LogP contribution is -2.27. The maximum Gasteiger partial charge on any atom is 0.418 e. The van der Waals surface area contributed by atoms with E-state index < -0.39 is 42.2 Å². The molecule has 0 spiro atoms. The third-order valence-corrected chi connectivity index (χ3v) is 6.43. The molecule has 0 radical (unpaired) electrons. The minimum Gasteiger partial charge on any atom is -0.273 e. The number of hydrogen-bond acceptors (Lipinski definition) is 4. The summed E-state index contributed by atoms with van der Waals surface area (Å²) in [4.78, 5) is -0.732. The first-order valence-corrected chi connectivity index (χ1v) is 10.1. The average Bonchev–Trinajstić information content (AvgIpc) is 2.52. The van der Waals surface area contributed by atoms with Crippen LogP contribution in [0.25, 0.3) is 0 Å². The number of rotatable bonds is 4. The molecule has 0 fully saturated rings. The van der Waals surface area contributed by atoms with Crippen molar-refractivity contribution in [3.63, 3.8) is 0 Å². The van der Waals surface area contributed by atoms with Gasteiger partial charge in [-0.25, -0.2) is 16.8 Å². The topological polar surface area (TPSA) is 71.5 Å². The van der Waals surface area contributed by atoms with E-state index in [1.54, 1.807) is 6.07 Å². The number of sulfonamides is 1. The third kappa shape index (κ3) is 3.96. The standard InChI is InChI=1S/C15H14F3NO4S2/c1-19(24(2,20)21)14-9-8-12(10-13(14)15(16,17)18)25(22,23)11-6-4-3-5-7-11/h3-10H,1-2H3. The van der Waals surface area contributed by atoms with E-state index in [0.29, 0.717) is 10.4 Å². The van der Waals surface area contributed by atoms with Crippen LogP contribution >= 0.6 is 0 Å². The molecule has 0 amide bonds. The lowest BCUT2D eigenvalue weighted by Gasteiger charge is -2.22. The maximum absolute atomic E-state index is 13.4. The Morgan fingerprint density at radius 3 is 1.92 bits per heavy atom. The van der Waals surface area contributed by atoms with E-state index in [0.717, 1.165) is 25.4 Å². The lowest BCUT2D eigenvalue weighted by atomic mass is 10.1. The second kappa shape index (κ2) is 6.34. The van der Waals surface area contributed by atoms with Gasteiger partial charge in [0.1, 0.15) is 0 Å². The molecular formula is C15H14F3NO4S2. The smallest absolute Gasteiger partial charge is 0.273 e. The van der Waals surface area contributed by atoms with Crippen LogP contribution in [0.4, 0.5) is 18.9 Å². The third-order valence-electron chi connectivity index (χ3n) is 3.47. The number of anilines is 1. The summed E-state index contributed by atoms with van der Waals surface area (Å²) in [6.45, 7) is 0. The van der Waals surface area contributed by atoms with E-state index in [-0.39, 0.29) is 4.90 Å². The van der Waals surface area contributed by atoms with Crippen LogP contribution in [-0.2, 0) is 26.0 Å². The van der Waals surface area contributed by atoms with Crippen LogP contribution in [0.1, 0.15) is 5.56 Å². The fraction of sp³-hybridized carbons (Fsp3) is 0.200. The Kier molecular flexibility index (Phi) is 4.88. The van der Waals surface area contributed by atoms with E-state index >= 15 is 0 Å². The van der Waals surface area contributed by atoms with Crippen LogP contribution in [-0.4, -0.2) is 30.1 Å². The predicted molar refractivity (Wildman–Crippen MR) is 86.6 cm³/mol. The maximum atomic E-state index is 13.4. The fourth-order valence-electron chi connectivity index (χ4n) is 2.10. The molecule has 0 aliphatic rings. The summed E-state index contributed by atoms with van der Waals surface area (Å²) in [5, 5.41) is 0. The largest absolute Gasteiger partial charge is 0.418 e. The summed E-state index contributed by atoms with van der Waals surface area (Å²) in [6.07, 6.45) is -4.18. The average molecular weight is 393 g/mol. The van der Waals surface area contributed by atoms with Crippen molar-refractivity contribution < 1.29 is 30.0 Å². The SMILES string of the molecule is CN(c1ccc(S(=O)(=O)c2ccccc2)cc1C(F)(F)F)S(C)(=O)=O. The van der Waals surface area contributed by atoms with Crippen LogP contribution < -0.4 is 4.31 Å². The van der Waals surface area contributed by atoms with Crippen LogP contribution in [0, 0.1) is 0 Å². The van der Waals surface area contributed by atoms with Gasteiger partial charge in [0.25, 0.3) is 0 Å². The van der Waals surface area contributed by atoms with Crippen LogP contribution in [0.15, 0.2) is 58.3 Å². The second-order valence-electron chi connectivity index (χ2n) is 5.22. The molecule has 136 valence electrons. The van der Waals surface area contributed by atoms with Crippen molar-refractivity contribution in [1.82, 2.24) is 0 Å². The molecule has 25 heavy (non-hydrogen) atoms. The van der Waals surface area contributed by atoms with Crippen molar-refractivity contribution in [2.24, 2.45) is 0 Å². The second-order valence-corrected chi connectivity index (χ2v) is 9.19. The van der Waals surface area contributed by atoms with E-state index in [2.05, 4.69) is 0 Å². The summed E-state index contributed by atoms with van der Waals surface area (Å²) < 4.78 is 88.6. The molecule has 10 heteroatoms. The molecule has 0 heterocycles. The van der Waals surface area contributed by atoms with Crippen molar-refractivity contribution in [3.05, 3.63) is 54.1 Å². The summed E-state index contributed by atoms with van der Waals surface area (Å²) in [7, 11) is -7.16. The Labute approximate surface area is 143 Å². The van der Waals surface area contributed by atoms with E-state index in [9.17, 15) is 30.0 Å². The molecule has 2 rings (SSSR count). The highest BCUT2D eigenvalue weighted by atomic mass is 32.2. The van der Waals surface area contributed by atoms with Gasteiger partial charge in [-0.3, -0.25) is 4.31 Å². The van der Waals surface area contributed by atoms with Gasteiger partial charge in [0.05, 0.1) is 27.3 Å². The first kappa shape index (κ1) is 19.3. The summed E-state index contributed by atoms with van der Waals surface area (Å²) in [5.41, 5.74) is -2.00. The van der Waals surface area contributed by atoms with Crippen molar-refractivity contribution in [3.8, 4) is 0 Å². The number of sulfone groups is 1. The minimum atomic E-state index is -4.93. The molecule has 0 aromatic heterocycles. The van der Waals surface area contributed by atoms with Crippen molar-refractivity contribution >= 4 is 25.5 Å². The van der Waals surface area contributed by atoms with Gasteiger partial charge in [-0.05, 0) is 30.3 Å². The molecule has 5 nitrogen and oxygen atoms in total. The van der Waals surface area contributed by atoms with Gasteiger partial charge in [-0.15, -0.1) is 0 Å². The Bertz CT molecular complexity index is 985. The van der Waals surface area contributed by atoms with Crippen LogP contribution in [0.3, 0.4) is 0 Å². The predicted octanol–water partition coefficient (Wildman–Crippen LogP) is 2.93. The Hall–Kier alpha value is -2.07. The number of nitrogens with zero attached hydrogens (tertiary/aromatic N) is 1. The molecule has 0 saturated heterocycles. The molecule has 0 aliphatic carbocycles. The summed E-state index contributed by atoms with van der Waals surface area (Å²) in [5.74, 6) is 0. The zero-order chi connectivity index (χ0) is 19.0. The zero-order valence-corrected chi connectivity index (χ0v) is 14.8. The molecule has 0 N–H and O–H groups in total. The molecule has 0 unspecified atom stereocenters. The van der Waals surface area contributed by atoms with Gasteiger partial charge in [0.15, 0.2) is 0 Å². The van der Waals surface area contributed by atoms with Gasteiger partial charge in [0.2, 0.25) is 19.9 Å². The van der Waals surface area contributed by atoms with E-state index in [4.69, 9.17) is 0 Å². The Balaban J connectivity index is 2.70. The van der Waals surface area contributed by atoms with Gasteiger partial charge < -0.3 is 0 Å². The Morgan fingerprint density at radius 1 is 0.880 bits per heavy atom. The highest BCUT2D eigenvalue weighted by Crippen LogP contribution is 2.39. The van der Waals surface area contributed by atoms with E-state index in [1.165, 1.54) is 24.3 Å². The molecule has 0 bridgehead atoms. The normalized spacial score (nSPS) is 12.8. The van der Waals surface area contributed by atoms with Gasteiger partial charge in [-0.1, -0.05) is 18.2 Å². The lowest BCUT2D eigenvalue weighted by molar-refractivity contribution is -0.137. The molecule has 2 aromatic rings. The van der Waals surface area contributed by atoms with Crippen LogP contribution in [0.2, 0.25) is 0 Å². The fourth-order valence-corrected chi connectivity index (χ4v) is 3.92. The number of hydrogen-bond donors (Lipinski definition) is 0. The molecule has 0 aliphatic heterocycles. The van der Waals surface area contributed by atoms with Crippen molar-refractivity contribution in [2.75, 3.05) is 17.6 Å². The summed E-state index contributed by atoms with van der Waals surface area (Å²) >= 11 is 0. The zero-order valence-electron chi connectivity index (χ0n) is 13.1. The molecule has 0 atom stereocenters. The number of benzene rings is 2. The van der Waals surface area contributed by atoms with Crippen LogP contribution in [0.5, 0.6) is 0 Å². The first-order valence-electron chi connectivity index (χ1n) is 6.80. The number of alkyl halides is 3. The highest BCUT2D eigenvalue weighted by Gasteiger charge is 2.37. The Morgan fingerprint density at radius 2 is 1.44 bits per heavy atom. The first-order chi connectivity index (χ1) is 11.3. The van der Waals surface area contributed by atoms with Gasteiger partial charge in [0, 0.05) is 7.05 Å². The monoisotopic (exact) mass is 393 g/mol. The molecule has 2 aromatic carbocycles. The number of halogens is 3. The van der Waals surface area contributed by atoms with Gasteiger partial charge >= 0.3 is 6.18 Å².